The number of nitrogens with zero attached hydrogens (tertiary/aromatic N) is 1. The fourth-order valence-electron chi connectivity index (χ4n) is 0.829. The van der Waals surface area contributed by atoms with Crippen LogP contribution in [0.2, 0.25) is 0 Å². The number of pyridine rings is 1. The Morgan fingerprint density at radius 3 is 3.00 bits per heavy atom. The molecule has 12 heavy (non-hydrogen) atoms. The van der Waals surface area contributed by atoms with E-state index in [4.69, 9.17) is 7.85 Å². The highest BCUT2D eigenvalue weighted by atomic mass is 16.1. The molecule has 0 aliphatic heterocycles. The first-order valence-electron chi connectivity index (χ1n) is 3.74. The molecule has 2 radical (unpaired) electrons. The summed E-state index contributed by atoms with van der Waals surface area (Å²) in [6.45, 7) is 2.44. The van der Waals surface area contributed by atoms with Crippen LogP contribution in [0.3, 0.4) is 0 Å². The number of amides is 1. The molecule has 3 nitrogen and oxygen atoms in total. The number of hydrogen-bond donors (Lipinski definition) is 1. The van der Waals surface area contributed by atoms with Crippen molar-refractivity contribution in [3.05, 3.63) is 23.9 Å². The molecule has 0 saturated heterocycles. The molecule has 0 aromatic carbocycles. The van der Waals surface area contributed by atoms with Crippen molar-refractivity contribution in [1.29, 1.82) is 0 Å². The van der Waals surface area contributed by atoms with Crippen LogP contribution in [-0.4, -0.2) is 25.3 Å². The molecule has 0 fully saturated rings. The third-order valence-corrected chi connectivity index (χ3v) is 1.34. The molecule has 0 aliphatic rings. The first-order chi connectivity index (χ1) is 5.74. The molecule has 0 unspecified atom stereocenters. The van der Waals surface area contributed by atoms with Gasteiger partial charge in [0, 0.05) is 6.54 Å². The maximum atomic E-state index is 11.2. The summed E-state index contributed by atoms with van der Waals surface area (Å²) in [5.41, 5.74) is 0.718. The predicted molar refractivity (Wildman–Crippen MR) is 47.6 cm³/mol. The Hall–Kier alpha value is -1.32. The minimum absolute atomic E-state index is 0.190. The van der Waals surface area contributed by atoms with Gasteiger partial charge in [0.1, 0.15) is 13.5 Å². The zero-order chi connectivity index (χ0) is 8.97. The number of hydrogen-bond acceptors (Lipinski definition) is 2. The van der Waals surface area contributed by atoms with E-state index in [1.807, 2.05) is 6.92 Å². The first kappa shape index (κ1) is 8.78. The zero-order valence-electron chi connectivity index (χ0n) is 6.87. The first-order valence-corrected chi connectivity index (χ1v) is 3.74. The van der Waals surface area contributed by atoms with Gasteiger partial charge < -0.3 is 5.32 Å². The van der Waals surface area contributed by atoms with E-state index in [-0.39, 0.29) is 5.91 Å². The highest BCUT2D eigenvalue weighted by Crippen LogP contribution is 1.89. The van der Waals surface area contributed by atoms with E-state index in [0.717, 1.165) is 0 Å². The lowest BCUT2D eigenvalue weighted by molar-refractivity contribution is 0.0951. The molecule has 1 N–H and O–H groups in total. The van der Waals surface area contributed by atoms with Crippen LogP contribution in [0, 0.1) is 0 Å². The molecule has 0 spiro atoms. The fourth-order valence-corrected chi connectivity index (χ4v) is 0.829. The highest BCUT2D eigenvalue weighted by Gasteiger charge is 2.03. The summed E-state index contributed by atoms with van der Waals surface area (Å²) in [6.07, 6.45) is 0. The second-order valence-electron chi connectivity index (χ2n) is 2.31. The van der Waals surface area contributed by atoms with E-state index in [0.29, 0.717) is 17.8 Å². The average Bonchev–Trinajstić information content (AvgIpc) is 2.05. The van der Waals surface area contributed by atoms with Crippen molar-refractivity contribution in [3.8, 4) is 0 Å². The zero-order valence-corrected chi connectivity index (χ0v) is 6.87. The number of aromatic nitrogens is 1. The van der Waals surface area contributed by atoms with Crippen molar-refractivity contribution in [2.24, 2.45) is 0 Å². The second kappa shape index (κ2) is 3.90. The van der Waals surface area contributed by atoms with E-state index in [1.165, 1.54) is 0 Å². The van der Waals surface area contributed by atoms with E-state index in [2.05, 4.69) is 10.3 Å². The Morgan fingerprint density at radius 2 is 2.42 bits per heavy atom. The summed E-state index contributed by atoms with van der Waals surface area (Å²) in [4.78, 5) is 15.0. The molecular weight excluding hydrogens is 151 g/mol. The Labute approximate surface area is 72.6 Å². The molecule has 1 amide bonds. The molecule has 0 bridgehead atoms. The van der Waals surface area contributed by atoms with E-state index in [1.54, 1.807) is 18.2 Å². The van der Waals surface area contributed by atoms with Gasteiger partial charge in [-0.15, -0.1) is 0 Å². The second-order valence-corrected chi connectivity index (χ2v) is 2.31. The van der Waals surface area contributed by atoms with Crippen LogP contribution in [0.15, 0.2) is 18.2 Å². The molecule has 1 heterocycles. The Bertz CT molecular complexity index is 288. The van der Waals surface area contributed by atoms with Gasteiger partial charge in [-0.05, 0) is 18.6 Å². The van der Waals surface area contributed by atoms with Crippen LogP contribution in [0.1, 0.15) is 17.4 Å². The van der Waals surface area contributed by atoms with Crippen molar-refractivity contribution in [3.63, 3.8) is 0 Å². The molecule has 1 aromatic rings. The monoisotopic (exact) mass is 160 g/mol. The molecule has 1 rings (SSSR count). The van der Waals surface area contributed by atoms with Crippen molar-refractivity contribution >= 4 is 19.3 Å². The maximum absolute atomic E-state index is 11.2. The average molecular weight is 160 g/mol. The SMILES string of the molecule is [B]c1cccc(C(=O)NCC)n1. The quantitative estimate of drug-likeness (QED) is 0.599. The van der Waals surface area contributed by atoms with Crippen LogP contribution in [0.25, 0.3) is 0 Å². The molecule has 1 aromatic heterocycles. The molecule has 4 heteroatoms. The summed E-state index contributed by atoms with van der Waals surface area (Å²) < 4.78 is 0. The van der Waals surface area contributed by atoms with Gasteiger partial charge in [0.2, 0.25) is 0 Å². The number of rotatable bonds is 2. The highest BCUT2D eigenvalue weighted by molar-refractivity contribution is 6.30. The standard InChI is InChI=1S/C8H9BN2O/c1-2-10-8(12)6-4-3-5-7(9)11-6/h3-5H,2H2,1H3,(H,10,12). The molecule has 60 valence electrons. The van der Waals surface area contributed by atoms with Crippen LogP contribution in [0.4, 0.5) is 0 Å². The van der Waals surface area contributed by atoms with Gasteiger partial charge in [-0.3, -0.25) is 9.78 Å². The molecule has 0 aliphatic carbocycles. The van der Waals surface area contributed by atoms with Gasteiger partial charge in [-0.1, -0.05) is 12.1 Å². The lowest BCUT2D eigenvalue weighted by atomic mass is 10.0. The summed E-state index contributed by atoms with van der Waals surface area (Å²) >= 11 is 0. The Balaban J connectivity index is 2.81. The Morgan fingerprint density at radius 1 is 1.67 bits per heavy atom. The minimum Gasteiger partial charge on any atom is -0.351 e. The molecular formula is C8H9BN2O. The number of carbonyl (C=O) groups excluding carboxylic acids is 1. The van der Waals surface area contributed by atoms with Gasteiger partial charge in [0.05, 0.1) is 0 Å². The third kappa shape index (κ3) is 2.08. The number of carbonyl (C=O) groups is 1. The Kier molecular flexibility index (Phi) is 2.85. The van der Waals surface area contributed by atoms with E-state index < -0.39 is 0 Å². The summed E-state index contributed by atoms with van der Waals surface area (Å²) in [6, 6.07) is 4.97. The summed E-state index contributed by atoms with van der Waals surface area (Å²) in [5, 5.41) is 2.63. The topological polar surface area (TPSA) is 42.0 Å². The lowest BCUT2D eigenvalue weighted by Crippen LogP contribution is -2.25. The van der Waals surface area contributed by atoms with Crippen LogP contribution in [0.5, 0.6) is 0 Å². The van der Waals surface area contributed by atoms with Crippen molar-refractivity contribution in [2.45, 2.75) is 6.92 Å². The van der Waals surface area contributed by atoms with Gasteiger partial charge in [0.15, 0.2) is 0 Å². The van der Waals surface area contributed by atoms with Gasteiger partial charge in [-0.25, -0.2) is 0 Å². The van der Waals surface area contributed by atoms with Crippen LogP contribution in [-0.2, 0) is 0 Å². The van der Waals surface area contributed by atoms with E-state index in [9.17, 15) is 4.79 Å². The van der Waals surface area contributed by atoms with Gasteiger partial charge in [0.25, 0.3) is 5.91 Å². The number of nitrogens with one attached hydrogen (secondary N) is 1. The van der Waals surface area contributed by atoms with Crippen LogP contribution < -0.4 is 10.9 Å². The van der Waals surface area contributed by atoms with E-state index >= 15 is 0 Å². The lowest BCUT2D eigenvalue weighted by Gasteiger charge is -2.01. The van der Waals surface area contributed by atoms with Gasteiger partial charge >= 0.3 is 0 Å². The smallest absolute Gasteiger partial charge is 0.269 e. The van der Waals surface area contributed by atoms with Crippen molar-refractivity contribution < 1.29 is 4.79 Å². The molecule has 0 saturated carbocycles. The van der Waals surface area contributed by atoms with Crippen molar-refractivity contribution in [2.75, 3.05) is 6.54 Å². The predicted octanol–water partition coefficient (Wildman–Crippen LogP) is -0.375. The normalized spacial score (nSPS) is 9.42. The maximum Gasteiger partial charge on any atom is 0.269 e. The summed E-state index contributed by atoms with van der Waals surface area (Å²) in [7, 11) is 5.40. The minimum atomic E-state index is -0.190. The summed E-state index contributed by atoms with van der Waals surface area (Å²) in [5.74, 6) is -0.190. The van der Waals surface area contributed by atoms with Crippen molar-refractivity contribution in [1.82, 2.24) is 10.3 Å². The largest absolute Gasteiger partial charge is 0.351 e. The van der Waals surface area contributed by atoms with Gasteiger partial charge in [-0.2, -0.15) is 0 Å². The fraction of sp³-hybridized carbons (Fsp3) is 0.250. The molecule has 0 atom stereocenters. The van der Waals surface area contributed by atoms with Crippen LogP contribution >= 0.6 is 0 Å². The third-order valence-electron chi connectivity index (χ3n) is 1.34.